The van der Waals surface area contributed by atoms with Crippen molar-refractivity contribution in [3.05, 3.63) is 15.6 Å². The number of aryl methyl sites for hydroxylation is 2. The number of rotatable bonds is 7. The van der Waals surface area contributed by atoms with Crippen LogP contribution in [-0.4, -0.2) is 37.7 Å². The predicted octanol–water partition coefficient (Wildman–Crippen LogP) is 1.11. The molecular weight excluding hydrogens is 248 g/mol. The zero-order valence-electron chi connectivity index (χ0n) is 11.3. The van der Waals surface area contributed by atoms with Crippen molar-refractivity contribution in [2.45, 2.75) is 26.7 Å². The molecule has 0 atom stereocenters. The molecule has 5 nitrogen and oxygen atoms in total. The van der Waals surface area contributed by atoms with Gasteiger partial charge in [-0.1, -0.05) is 6.92 Å². The first-order valence-electron chi connectivity index (χ1n) is 6.15. The second-order valence-corrected chi connectivity index (χ2v) is 5.19. The zero-order chi connectivity index (χ0) is 13.4. The van der Waals surface area contributed by atoms with Crippen LogP contribution < -0.4 is 11.1 Å². The van der Waals surface area contributed by atoms with Gasteiger partial charge in [0.05, 0.1) is 23.9 Å². The van der Waals surface area contributed by atoms with Gasteiger partial charge in [-0.3, -0.25) is 4.99 Å². The Morgan fingerprint density at radius 3 is 2.94 bits per heavy atom. The number of thiazole rings is 1. The number of hydrogen-bond donors (Lipinski definition) is 2. The minimum Gasteiger partial charge on any atom is -0.383 e. The molecular formula is C12H22N4OS. The fourth-order valence-corrected chi connectivity index (χ4v) is 2.55. The quantitative estimate of drug-likeness (QED) is 0.442. The number of guanidine groups is 1. The van der Waals surface area contributed by atoms with E-state index in [-0.39, 0.29) is 0 Å². The number of nitrogens with zero attached hydrogens (tertiary/aromatic N) is 2. The molecule has 18 heavy (non-hydrogen) atoms. The van der Waals surface area contributed by atoms with Gasteiger partial charge in [-0.15, -0.1) is 11.3 Å². The molecule has 0 spiro atoms. The summed E-state index contributed by atoms with van der Waals surface area (Å²) in [6.07, 6.45) is 1.88. The summed E-state index contributed by atoms with van der Waals surface area (Å²) in [7, 11) is 1.65. The summed E-state index contributed by atoms with van der Waals surface area (Å²) in [6, 6.07) is 0. The number of ether oxygens (including phenoxy) is 1. The predicted molar refractivity (Wildman–Crippen MR) is 76.3 cm³/mol. The van der Waals surface area contributed by atoms with Crippen LogP contribution in [0.3, 0.4) is 0 Å². The Balaban J connectivity index is 2.30. The van der Waals surface area contributed by atoms with Crippen LogP contribution in [0.4, 0.5) is 0 Å². The highest BCUT2D eigenvalue weighted by atomic mass is 32.1. The van der Waals surface area contributed by atoms with Gasteiger partial charge in [-0.2, -0.15) is 0 Å². The van der Waals surface area contributed by atoms with Crippen LogP contribution in [0.5, 0.6) is 0 Å². The van der Waals surface area contributed by atoms with Crippen LogP contribution in [0, 0.1) is 6.92 Å². The van der Waals surface area contributed by atoms with E-state index >= 15 is 0 Å². The Morgan fingerprint density at radius 2 is 2.33 bits per heavy atom. The van der Waals surface area contributed by atoms with E-state index in [1.807, 2.05) is 0 Å². The fourth-order valence-electron chi connectivity index (χ4n) is 1.53. The Morgan fingerprint density at radius 1 is 1.56 bits per heavy atom. The molecule has 0 saturated carbocycles. The summed E-state index contributed by atoms with van der Waals surface area (Å²) in [4.78, 5) is 10.0. The van der Waals surface area contributed by atoms with Crippen molar-refractivity contribution in [1.29, 1.82) is 0 Å². The van der Waals surface area contributed by atoms with Crippen molar-refractivity contribution in [3.8, 4) is 0 Å². The molecule has 1 aromatic rings. The number of aromatic nitrogens is 1. The first-order valence-corrected chi connectivity index (χ1v) is 6.97. The maximum Gasteiger partial charge on any atom is 0.188 e. The van der Waals surface area contributed by atoms with E-state index in [0.717, 1.165) is 24.4 Å². The smallest absolute Gasteiger partial charge is 0.188 e. The average Bonchev–Trinajstić information content (AvgIpc) is 2.70. The molecule has 6 heteroatoms. The number of hydrogen-bond acceptors (Lipinski definition) is 4. The highest BCUT2D eigenvalue weighted by Crippen LogP contribution is 2.17. The van der Waals surface area contributed by atoms with Gasteiger partial charge in [0.15, 0.2) is 5.96 Å². The van der Waals surface area contributed by atoms with E-state index in [1.165, 1.54) is 10.6 Å². The van der Waals surface area contributed by atoms with Crippen molar-refractivity contribution >= 4 is 17.3 Å². The van der Waals surface area contributed by atoms with E-state index < -0.39 is 0 Å². The van der Waals surface area contributed by atoms with Gasteiger partial charge in [0, 0.05) is 25.0 Å². The van der Waals surface area contributed by atoms with Gasteiger partial charge in [-0.25, -0.2) is 4.98 Å². The second kappa shape index (κ2) is 8.05. The van der Waals surface area contributed by atoms with Crippen LogP contribution in [-0.2, 0) is 17.6 Å². The van der Waals surface area contributed by atoms with E-state index in [0.29, 0.717) is 19.1 Å². The third-order valence-electron chi connectivity index (χ3n) is 2.49. The second-order valence-electron chi connectivity index (χ2n) is 3.90. The Bertz CT molecular complexity index is 389. The summed E-state index contributed by atoms with van der Waals surface area (Å²) in [6.45, 7) is 6.19. The molecule has 0 unspecified atom stereocenters. The van der Waals surface area contributed by atoms with Crippen LogP contribution in [0.25, 0.3) is 0 Å². The summed E-state index contributed by atoms with van der Waals surface area (Å²) < 4.78 is 4.90. The van der Waals surface area contributed by atoms with Crippen LogP contribution in [0.1, 0.15) is 22.5 Å². The molecule has 1 heterocycles. The van der Waals surface area contributed by atoms with E-state index in [4.69, 9.17) is 10.5 Å². The molecule has 0 aliphatic heterocycles. The number of nitrogens with two attached hydrogens (primary N) is 1. The molecule has 0 aliphatic carbocycles. The molecule has 1 aromatic heterocycles. The highest BCUT2D eigenvalue weighted by Gasteiger charge is 2.05. The minimum absolute atomic E-state index is 0.469. The standard InChI is InChI=1S/C12H22N4OS/c1-4-10-9(2)18-11(16-10)5-6-14-12(13)15-7-8-17-3/h4-8H2,1-3H3,(H3,13,14,15). The molecule has 3 N–H and O–H groups in total. The lowest BCUT2D eigenvalue weighted by molar-refractivity contribution is 0.208. The van der Waals surface area contributed by atoms with Crippen LogP contribution in [0.2, 0.25) is 0 Å². The lowest BCUT2D eigenvalue weighted by Crippen LogP contribution is -2.33. The third kappa shape index (κ3) is 5.01. The first kappa shape index (κ1) is 14.9. The van der Waals surface area contributed by atoms with Gasteiger partial charge in [0.25, 0.3) is 0 Å². The normalized spacial score (nSPS) is 11.8. The molecule has 102 valence electrons. The molecule has 0 aromatic carbocycles. The number of nitrogens with one attached hydrogen (secondary N) is 1. The van der Waals surface area contributed by atoms with Crippen molar-refractivity contribution in [2.24, 2.45) is 10.7 Å². The Labute approximate surface area is 112 Å². The maximum atomic E-state index is 5.71. The van der Waals surface area contributed by atoms with Gasteiger partial charge < -0.3 is 15.8 Å². The van der Waals surface area contributed by atoms with Gasteiger partial charge in [0.1, 0.15) is 0 Å². The van der Waals surface area contributed by atoms with E-state index in [9.17, 15) is 0 Å². The van der Waals surface area contributed by atoms with Gasteiger partial charge >= 0.3 is 0 Å². The summed E-state index contributed by atoms with van der Waals surface area (Å²) in [5.41, 5.74) is 6.91. The van der Waals surface area contributed by atoms with Gasteiger partial charge in [0.2, 0.25) is 0 Å². The molecule has 0 radical (unpaired) electrons. The monoisotopic (exact) mass is 270 g/mol. The third-order valence-corrected chi connectivity index (χ3v) is 3.57. The fraction of sp³-hybridized carbons (Fsp3) is 0.667. The van der Waals surface area contributed by atoms with Gasteiger partial charge in [-0.05, 0) is 13.3 Å². The minimum atomic E-state index is 0.469. The maximum absolute atomic E-state index is 5.71. The SMILES string of the molecule is CCc1nc(CCNC(N)=NCCOC)sc1C. The van der Waals surface area contributed by atoms with Crippen LogP contribution in [0.15, 0.2) is 4.99 Å². The van der Waals surface area contributed by atoms with E-state index in [1.54, 1.807) is 18.4 Å². The van der Waals surface area contributed by atoms with Crippen molar-refractivity contribution < 1.29 is 4.74 Å². The highest BCUT2D eigenvalue weighted by molar-refractivity contribution is 7.11. The summed E-state index contributed by atoms with van der Waals surface area (Å²) in [5.74, 6) is 0.469. The number of aliphatic imine (C=N–C) groups is 1. The first-order chi connectivity index (χ1) is 8.67. The number of methoxy groups -OCH3 is 1. The molecule has 0 bridgehead atoms. The van der Waals surface area contributed by atoms with Crippen molar-refractivity contribution in [3.63, 3.8) is 0 Å². The molecule has 0 saturated heterocycles. The van der Waals surface area contributed by atoms with Crippen LogP contribution >= 0.6 is 11.3 Å². The Kier molecular flexibility index (Phi) is 6.67. The molecule has 1 rings (SSSR count). The topological polar surface area (TPSA) is 72.5 Å². The van der Waals surface area contributed by atoms with Crippen molar-refractivity contribution in [2.75, 3.05) is 26.8 Å². The summed E-state index contributed by atoms with van der Waals surface area (Å²) in [5, 5.41) is 4.23. The lowest BCUT2D eigenvalue weighted by atomic mass is 10.3. The van der Waals surface area contributed by atoms with E-state index in [2.05, 4.69) is 29.1 Å². The molecule has 0 aliphatic rings. The lowest BCUT2D eigenvalue weighted by Gasteiger charge is -2.03. The largest absolute Gasteiger partial charge is 0.383 e. The average molecular weight is 270 g/mol. The molecule has 0 fully saturated rings. The summed E-state index contributed by atoms with van der Waals surface area (Å²) >= 11 is 1.76. The Hall–Kier alpha value is -1.14. The molecule has 0 amide bonds. The van der Waals surface area contributed by atoms with Crippen molar-refractivity contribution in [1.82, 2.24) is 10.3 Å². The zero-order valence-corrected chi connectivity index (χ0v) is 12.1.